The van der Waals surface area contributed by atoms with E-state index >= 15 is 0 Å². The molecule has 1 fully saturated rings. The number of halogens is 2. The number of nitrogens with one attached hydrogen (secondary N) is 2. The summed E-state index contributed by atoms with van der Waals surface area (Å²) < 4.78 is 13.5. The topological polar surface area (TPSA) is 36.4 Å². The minimum Gasteiger partial charge on any atom is -0.357 e. The Labute approximate surface area is 137 Å². The van der Waals surface area contributed by atoms with Gasteiger partial charge >= 0.3 is 0 Å². The highest BCUT2D eigenvalue weighted by Gasteiger charge is 2.15. The zero-order chi connectivity index (χ0) is 13.5. The molecule has 1 aromatic carbocycles. The lowest BCUT2D eigenvalue weighted by molar-refractivity contribution is 0.603. The summed E-state index contributed by atoms with van der Waals surface area (Å²) in [6.45, 7) is 3.22. The van der Waals surface area contributed by atoms with E-state index in [4.69, 9.17) is 0 Å². The van der Waals surface area contributed by atoms with E-state index in [1.807, 2.05) is 13.0 Å². The van der Waals surface area contributed by atoms with E-state index in [2.05, 4.69) is 15.6 Å². The van der Waals surface area contributed by atoms with Crippen LogP contribution >= 0.6 is 24.0 Å². The highest BCUT2D eigenvalue weighted by molar-refractivity contribution is 14.0. The highest BCUT2D eigenvalue weighted by Crippen LogP contribution is 2.17. The number of hydrogen-bond acceptors (Lipinski definition) is 1. The summed E-state index contributed by atoms with van der Waals surface area (Å²) >= 11 is 0. The van der Waals surface area contributed by atoms with Crippen LogP contribution in [0, 0.1) is 5.82 Å². The Morgan fingerprint density at radius 2 is 2.00 bits per heavy atom. The molecular weight excluding hydrogens is 368 g/mol. The summed E-state index contributed by atoms with van der Waals surface area (Å²) in [5.41, 5.74) is 0.631. The number of aliphatic imine (C=N–C) groups is 1. The van der Waals surface area contributed by atoms with Crippen LogP contribution in [0.5, 0.6) is 0 Å². The van der Waals surface area contributed by atoms with Crippen LogP contribution in [0.3, 0.4) is 0 Å². The Hall–Kier alpha value is -0.850. The monoisotopic (exact) mass is 391 g/mol. The van der Waals surface area contributed by atoms with Crippen molar-refractivity contribution in [1.82, 2.24) is 10.6 Å². The maximum atomic E-state index is 13.5. The van der Waals surface area contributed by atoms with E-state index < -0.39 is 0 Å². The fourth-order valence-electron chi connectivity index (χ4n) is 2.37. The smallest absolute Gasteiger partial charge is 0.191 e. The van der Waals surface area contributed by atoms with E-state index in [0.29, 0.717) is 18.2 Å². The van der Waals surface area contributed by atoms with E-state index in [9.17, 15) is 4.39 Å². The minimum atomic E-state index is -0.192. The van der Waals surface area contributed by atoms with Crippen LogP contribution < -0.4 is 10.6 Å². The normalized spacial score (nSPS) is 15.8. The Morgan fingerprint density at radius 3 is 2.65 bits per heavy atom. The van der Waals surface area contributed by atoms with Crippen molar-refractivity contribution < 1.29 is 4.39 Å². The molecule has 0 bridgehead atoms. The third kappa shape index (κ3) is 5.26. The van der Waals surface area contributed by atoms with E-state index in [-0.39, 0.29) is 29.8 Å². The molecule has 20 heavy (non-hydrogen) atoms. The Morgan fingerprint density at radius 1 is 1.30 bits per heavy atom. The van der Waals surface area contributed by atoms with Gasteiger partial charge in [-0.2, -0.15) is 0 Å². The molecule has 0 amide bonds. The molecule has 3 nitrogen and oxygen atoms in total. The third-order valence-corrected chi connectivity index (χ3v) is 3.41. The van der Waals surface area contributed by atoms with Gasteiger partial charge in [0.15, 0.2) is 5.96 Å². The minimum absolute atomic E-state index is 0. The van der Waals surface area contributed by atoms with E-state index in [0.717, 1.165) is 12.5 Å². The largest absolute Gasteiger partial charge is 0.357 e. The molecule has 5 heteroatoms. The van der Waals surface area contributed by atoms with Crippen LogP contribution in [0.1, 0.15) is 38.2 Å². The Bertz CT molecular complexity index is 431. The summed E-state index contributed by atoms with van der Waals surface area (Å²) in [6.07, 6.45) is 4.96. The predicted octanol–water partition coefficient (Wildman–Crippen LogP) is 3.44. The van der Waals surface area contributed by atoms with Gasteiger partial charge < -0.3 is 10.6 Å². The number of guanidine groups is 1. The average molecular weight is 391 g/mol. The molecule has 2 N–H and O–H groups in total. The maximum absolute atomic E-state index is 13.5. The second-order valence-electron chi connectivity index (χ2n) is 4.91. The lowest BCUT2D eigenvalue weighted by Gasteiger charge is -2.16. The van der Waals surface area contributed by atoms with Gasteiger partial charge in [0, 0.05) is 18.2 Å². The van der Waals surface area contributed by atoms with Crippen LogP contribution in [0.15, 0.2) is 29.3 Å². The van der Waals surface area contributed by atoms with E-state index in [1.54, 1.807) is 12.1 Å². The molecule has 0 atom stereocenters. The van der Waals surface area contributed by atoms with Crippen molar-refractivity contribution in [1.29, 1.82) is 0 Å². The molecule has 0 aliphatic heterocycles. The fraction of sp³-hybridized carbons (Fsp3) is 0.533. The Balaban J connectivity index is 0.00000200. The molecule has 0 radical (unpaired) electrons. The molecule has 1 aromatic rings. The van der Waals surface area contributed by atoms with Crippen molar-refractivity contribution in [3.8, 4) is 0 Å². The molecule has 0 heterocycles. The Kier molecular flexibility index (Phi) is 7.87. The van der Waals surface area contributed by atoms with Crippen LogP contribution in [-0.2, 0) is 6.54 Å². The van der Waals surface area contributed by atoms with Crippen molar-refractivity contribution in [2.45, 2.75) is 45.2 Å². The summed E-state index contributed by atoms with van der Waals surface area (Å²) in [4.78, 5) is 4.46. The quantitative estimate of drug-likeness (QED) is 0.469. The lowest BCUT2D eigenvalue weighted by Crippen LogP contribution is -2.42. The molecule has 0 aromatic heterocycles. The van der Waals surface area contributed by atoms with Crippen LogP contribution in [0.25, 0.3) is 0 Å². The maximum Gasteiger partial charge on any atom is 0.191 e. The molecule has 0 spiro atoms. The summed E-state index contributed by atoms with van der Waals surface area (Å²) in [5, 5.41) is 6.64. The first-order chi connectivity index (χ1) is 9.29. The average Bonchev–Trinajstić information content (AvgIpc) is 2.91. The van der Waals surface area contributed by atoms with Crippen molar-refractivity contribution in [3.63, 3.8) is 0 Å². The second-order valence-corrected chi connectivity index (χ2v) is 4.91. The van der Waals surface area contributed by atoms with Crippen molar-refractivity contribution >= 4 is 29.9 Å². The standard InChI is InChI=1S/C15H22FN3.HI/c1-2-17-15(19-13-8-4-5-9-13)18-11-12-7-3-6-10-14(12)16;/h3,6-7,10,13H,2,4-5,8-9,11H2,1H3,(H2,17,18,19);1H. The molecule has 1 aliphatic rings. The van der Waals surface area contributed by atoms with Crippen molar-refractivity contribution in [2.75, 3.05) is 6.54 Å². The first-order valence-electron chi connectivity index (χ1n) is 7.08. The molecule has 2 rings (SSSR count). The van der Waals surface area contributed by atoms with Gasteiger partial charge in [-0.3, -0.25) is 0 Å². The van der Waals surface area contributed by atoms with Gasteiger partial charge in [0.2, 0.25) is 0 Å². The van der Waals surface area contributed by atoms with Crippen molar-refractivity contribution in [3.05, 3.63) is 35.6 Å². The molecule has 112 valence electrons. The second kappa shape index (κ2) is 9.15. The molecule has 1 aliphatic carbocycles. The predicted molar refractivity (Wildman–Crippen MR) is 92.0 cm³/mol. The van der Waals surface area contributed by atoms with Crippen LogP contribution in [0.2, 0.25) is 0 Å². The van der Waals surface area contributed by atoms with Gasteiger partial charge in [-0.25, -0.2) is 9.38 Å². The summed E-state index contributed by atoms with van der Waals surface area (Å²) in [5.74, 6) is 0.598. The van der Waals surface area contributed by atoms with Gasteiger partial charge in [-0.1, -0.05) is 31.0 Å². The molecule has 1 saturated carbocycles. The third-order valence-electron chi connectivity index (χ3n) is 3.41. The summed E-state index contributed by atoms with van der Waals surface area (Å²) in [7, 11) is 0. The number of benzene rings is 1. The van der Waals surface area contributed by atoms with Gasteiger partial charge in [-0.15, -0.1) is 24.0 Å². The number of rotatable bonds is 4. The molecular formula is C15H23FIN3. The van der Waals surface area contributed by atoms with Crippen molar-refractivity contribution in [2.24, 2.45) is 4.99 Å². The SMILES string of the molecule is CCNC(=NCc1ccccc1F)NC1CCCC1.I. The zero-order valence-corrected chi connectivity index (χ0v) is 14.2. The zero-order valence-electron chi connectivity index (χ0n) is 11.9. The van der Waals surface area contributed by atoms with Gasteiger partial charge in [0.1, 0.15) is 5.82 Å². The lowest BCUT2D eigenvalue weighted by atomic mass is 10.2. The molecule has 0 saturated heterocycles. The van der Waals surface area contributed by atoms with Crippen LogP contribution in [0.4, 0.5) is 4.39 Å². The molecule has 0 unspecified atom stereocenters. The summed E-state index contributed by atoms with van der Waals surface area (Å²) in [6, 6.07) is 7.30. The van der Waals surface area contributed by atoms with E-state index in [1.165, 1.54) is 31.7 Å². The number of nitrogens with zero attached hydrogens (tertiary/aromatic N) is 1. The first kappa shape index (κ1) is 17.2. The van der Waals surface area contributed by atoms with Crippen LogP contribution in [-0.4, -0.2) is 18.5 Å². The van der Waals surface area contributed by atoms with Gasteiger partial charge in [-0.05, 0) is 25.8 Å². The van der Waals surface area contributed by atoms with Gasteiger partial charge in [0.25, 0.3) is 0 Å². The number of hydrogen-bond donors (Lipinski definition) is 2. The van der Waals surface area contributed by atoms with Gasteiger partial charge in [0.05, 0.1) is 6.54 Å². The first-order valence-corrected chi connectivity index (χ1v) is 7.08. The highest BCUT2D eigenvalue weighted by atomic mass is 127. The fourth-order valence-corrected chi connectivity index (χ4v) is 2.37.